The van der Waals surface area contributed by atoms with Crippen LogP contribution in [-0.4, -0.2) is 25.6 Å². The molecule has 3 rings (SSSR count). The zero-order valence-corrected chi connectivity index (χ0v) is 12.1. The van der Waals surface area contributed by atoms with E-state index in [1.165, 1.54) is 22.0 Å². The molecule has 1 aromatic carbocycles. The number of carboxylic acid groups (broad SMARTS) is 1. The van der Waals surface area contributed by atoms with E-state index in [0.29, 0.717) is 11.0 Å². The lowest BCUT2D eigenvalue weighted by Crippen LogP contribution is -2.18. The van der Waals surface area contributed by atoms with Gasteiger partial charge in [0, 0.05) is 11.1 Å². The molecule has 0 aliphatic rings. The van der Waals surface area contributed by atoms with Crippen LogP contribution in [0.1, 0.15) is 27.2 Å². The lowest BCUT2D eigenvalue weighted by atomic mass is 10.2. The number of fused-ring (bicyclic) bond motifs is 1. The number of aryl methyl sites for hydroxylation is 1. The standard InChI is InChI=1S/C14H13N3O3S/c1-2-8-6-15-11(21-8)7-17-12-9(13(18)19)4-3-5-10(12)16-14(17)20/h3-6H,2,7H2,1H3,(H,16,20)(H,18,19). The molecule has 2 heterocycles. The largest absolute Gasteiger partial charge is 0.478 e. The summed E-state index contributed by atoms with van der Waals surface area (Å²) < 4.78 is 1.43. The number of imidazole rings is 1. The molecule has 7 heteroatoms. The Bertz CT molecular complexity index is 875. The average Bonchev–Trinajstić information content (AvgIpc) is 3.04. The highest BCUT2D eigenvalue weighted by Crippen LogP contribution is 2.19. The number of aromatic carboxylic acids is 1. The van der Waals surface area contributed by atoms with Crippen LogP contribution in [0.2, 0.25) is 0 Å². The molecule has 0 saturated carbocycles. The van der Waals surface area contributed by atoms with Gasteiger partial charge in [0.05, 0.1) is 23.1 Å². The van der Waals surface area contributed by atoms with Crippen LogP contribution < -0.4 is 5.69 Å². The van der Waals surface area contributed by atoms with Crippen molar-refractivity contribution in [3.05, 3.63) is 50.3 Å². The first-order chi connectivity index (χ1) is 10.1. The van der Waals surface area contributed by atoms with E-state index in [2.05, 4.69) is 9.97 Å². The Balaban J connectivity index is 2.15. The van der Waals surface area contributed by atoms with Crippen molar-refractivity contribution in [2.75, 3.05) is 0 Å². The molecule has 0 aliphatic heterocycles. The summed E-state index contributed by atoms with van der Waals surface area (Å²) in [6, 6.07) is 4.80. The number of para-hydroxylation sites is 1. The number of benzene rings is 1. The molecule has 2 N–H and O–H groups in total. The van der Waals surface area contributed by atoms with E-state index >= 15 is 0 Å². The first-order valence-corrected chi connectivity index (χ1v) is 7.30. The van der Waals surface area contributed by atoms with Crippen LogP contribution in [-0.2, 0) is 13.0 Å². The number of carboxylic acids is 1. The molecule has 0 amide bonds. The quantitative estimate of drug-likeness (QED) is 0.772. The summed E-state index contributed by atoms with van der Waals surface area (Å²) in [7, 11) is 0. The molecule has 2 aromatic heterocycles. The molecule has 0 saturated heterocycles. The fraction of sp³-hybridized carbons (Fsp3) is 0.214. The number of H-pyrrole nitrogens is 1. The monoisotopic (exact) mass is 303 g/mol. The number of nitrogens with zero attached hydrogens (tertiary/aromatic N) is 2. The van der Waals surface area contributed by atoms with E-state index in [1.807, 2.05) is 6.92 Å². The minimum Gasteiger partial charge on any atom is -0.478 e. The number of hydrogen-bond acceptors (Lipinski definition) is 4. The molecule has 0 fully saturated rings. The van der Waals surface area contributed by atoms with Crippen LogP contribution in [0.5, 0.6) is 0 Å². The zero-order chi connectivity index (χ0) is 15.0. The van der Waals surface area contributed by atoms with E-state index in [-0.39, 0.29) is 17.8 Å². The zero-order valence-electron chi connectivity index (χ0n) is 11.3. The lowest BCUT2D eigenvalue weighted by Gasteiger charge is -2.03. The molecule has 108 valence electrons. The van der Waals surface area contributed by atoms with E-state index < -0.39 is 5.97 Å². The van der Waals surface area contributed by atoms with Crippen molar-refractivity contribution in [1.29, 1.82) is 0 Å². The Morgan fingerprint density at radius 3 is 2.95 bits per heavy atom. The minimum atomic E-state index is -1.05. The Hall–Kier alpha value is -2.41. The fourth-order valence-corrected chi connectivity index (χ4v) is 3.11. The predicted molar refractivity (Wildman–Crippen MR) is 80.1 cm³/mol. The van der Waals surface area contributed by atoms with Crippen LogP contribution in [0.15, 0.2) is 29.2 Å². The fourth-order valence-electron chi connectivity index (χ4n) is 2.26. The lowest BCUT2D eigenvalue weighted by molar-refractivity contribution is 0.0698. The number of nitrogens with one attached hydrogen (secondary N) is 1. The summed E-state index contributed by atoms with van der Waals surface area (Å²) in [5, 5.41) is 10.1. The van der Waals surface area contributed by atoms with Gasteiger partial charge >= 0.3 is 11.7 Å². The van der Waals surface area contributed by atoms with Crippen LogP contribution in [0.3, 0.4) is 0 Å². The highest BCUT2D eigenvalue weighted by Gasteiger charge is 2.16. The number of aromatic nitrogens is 3. The Kier molecular flexibility index (Phi) is 3.34. The maximum atomic E-state index is 12.1. The number of carbonyl (C=O) groups is 1. The van der Waals surface area contributed by atoms with Crippen molar-refractivity contribution in [3.8, 4) is 0 Å². The Morgan fingerprint density at radius 2 is 2.29 bits per heavy atom. The van der Waals surface area contributed by atoms with E-state index in [1.54, 1.807) is 18.3 Å². The van der Waals surface area contributed by atoms with Gasteiger partial charge in [0.15, 0.2) is 0 Å². The molecule has 3 aromatic rings. The van der Waals surface area contributed by atoms with Crippen molar-refractivity contribution in [2.45, 2.75) is 19.9 Å². The van der Waals surface area contributed by atoms with Gasteiger partial charge in [-0.1, -0.05) is 13.0 Å². The van der Waals surface area contributed by atoms with E-state index in [0.717, 1.165) is 16.3 Å². The third kappa shape index (κ3) is 2.36. The highest BCUT2D eigenvalue weighted by molar-refractivity contribution is 7.11. The van der Waals surface area contributed by atoms with Gasteiger partial charge in [-0.05, 0) is 18.6 Å². The molecule has 21 heavy (non-hydrogen) atoms. The second-order valence-corrected chi connectivity index (χ2v) is 5.80. The summed E-state index contributed by atoms with van der Waals surface area (Å²) in [6.45, 7) is 2.31. The van der Waals surface area contributed by atoms with E-state index in [9.17, 15) is 14.7 Å². The SMILES string of the molecule is CCc1cnc(Cn2c(=O)[nH]c3cccc(C(=O)O)c32)s1. The van der Waals surface area contributed by atoms with Crippen molar-refractivity contribution < 1.29 is 9.90 Å². The van der Waals surface area contributed by atoms with E-state index in [4.69, 9.17) is 0 Å². The first-order valence-electron chi connectivity index (χ1n) is 6.48. The number of hydrogen-bond donors (Lipinski definition) is 2. The third-order valence-corrected chi connectivity index (χ3v) is 4.39. The molecule has 6 nitrogen and oxygen atoms in total. The van der Waals surface area contributed by atoms with Crippen LogP contribution in [0.4, 0.5) is 0 Å². The highest BCUT2D eigenvalue weighted by atomic mass is 32.1. The molecule has 0 atom stereocenters. The summed E-state index contributed by atoms with van der Waals surface area (Å²) in [5.41, 5.74) is 0.709. The first kappa shape index (κ1) is 13.6. The Morgan fingerprint density at radius 1 is 1.48 bits per heavy atom. The van der Waals surface area contributed by atoms with Gasteiger partial charge in [0.25, 0.3) is 0 Å². The van der Waals surface area contributed by atoms with Gasteiger partial charge in [-0.2, -0.15) is 0 Å². The number of thiazole rings is 1. The van der Waals surface area contributed by atoms with Crippen LogP contribution in [0, 0.1) is 0 Å². The smallest absolute Gasteiger partial charge is 0.337 e. The number of aromatic amines is 1. The molecule has 0 bridgehead atoms. The van der Waals surface area contributed by atoms with Gasteiger partial charge in [0.2, 0.25) is 0 Å². The summed E-state index contributed by atoms with van der Waals surface area (Å²) in [6.07, 6.45) is 2.68. The van der Waals surface area contributed by atoms with Crippen molar-refractivity contribution in [1.82, 2.24) is 14.5 Å². The molecule has 0 radical (unpaired) electrons. The van der Waals surface area contributed by atoms with Crippen LogP contribution in [0.25, 0.3) is 11.0 Å². The number of rotatable bonds is 4. The maximum Gasteiger partial charge on any atom is 0.337 e. The maximum absolute atomic E-state index is 12.1. The summed E-state index contributed by atoms with van der Waals surface area (Å²) >= 11 is 1.53. The summed E-state index contributed by atoms with van der Waals surface area (Å²) in [5.74, 6) is -1.05. The molecular formula is C14H13N3O3S. The molecule has 0 spiro atoms. The molecule has 0 unspecified atom stereocenters. The Labute approximate surface area is 123 Å². The van der Waals surface area contributed by atoms with Crippen molar-refractivity contribution in [3.63, 3.8) is 0 Å². The van der Waals surface area contributed by atoms with Gasteiger partial charge < -0.3 is 10.1 Å². The third-order valence-electron chi connectivity index (χ3n) is 3.27. The minimum absolute atomic E-state index is 0.109. The van der Waals surface area contributed by atoms with Crippen molar-refractivity contribution >= 4 is 28.3 Å². The average molecular weight is 303 g/mol. The normalized spacial score (nSPS) is 11.1. The second kappa shape index (κ2) is 5.17. The van der Waals surface area contributed by atoms with Gasteiger partial charge in [0.1, 0.15) is 5.01 Å². The van der Waals surface area contributed by atoms with Crippen LogP contribution >= 0.6 is 11.3 Å². The topological polar surface area (TPSA) is 88.0 Å². The van der Waals surface area contributed by atoms with Crippen molar-refractivity contribution in [2.24, 2.45) is 0 Å². The van der Waals surface area contributed by atoms with Gasteiger partial charge in [-0.25, -0.2) is 14.6 Å². The predicted octanol–water partition coefficient (Wildman–Crippen LogP) is 2.09. The second-order valence-electron chi connectivity index (χ2n) is 4.60. The van der Waals surface area contributed by atoms with Gasteiger partial charge in [-0.15, -0.1) is 11.3 Å². The molecular weight excluding hydrogens is 290 g/mol. The van der Waals surface area contributed by atoms with Gasteiger partial charge in [-0.3, -0.25) is 4.57 Å². The molecule has 0 aliphatic carbocycles. The summed E-state index contributed by atoms with van der Waals surface area (Å²) in [4.78, 5) is 31.5.